The number of amidine groups is 1. The van der Waals surface area contributed by atoms with Crippen LogP contribution in [0.3, 0.4) is 0 Å². The van der Waals surface area contributed by atoms with E-state index in [9.17, 15) is 9.18 Å². The molecule has 176 valence electrons. The Bertz CT molecular complexity index is 1370. The van der Waals surface area contributed by atoms with Gasteiger partial charge in [0.25, 0.3) is 5.91 Å². The fourth-order valence-electron chi connectivity index (χ4n) is 4.92. The fraction of sp³-hybridized carbons (Fsp3) is 0.375. The number of pyridine rings is 1. The van der Waals surface area contributed by atoms with E-state index in [0.717, 1.165) is 12.8 Å². The van der Waals surface area contributed by atoms with Crippen molar-refractivity contribution < 1.29 is 13.9 Å². The molecule has 10 heteroatoms. The Morgan fingerprint density at radius 1 is 1.38 bits per heavy atom. The quantitative estimate of drug-likeness (QED) is 0.553. The van der Waals surface area contributed by atoms with Crippen molar-refractivity contribution in [3.63, 3.8) is 0 Å². The zero-order chi connectivity index (χ0) is 23.7. The number of anilines is 1. The maximum absolute atomic E-state index is 14.8. The molecule has 2 atom stereocenters. The molecule has 2 unspecified atom stereocenters. The van der Waals surface area contributed by atoms with E-state index in [1.165, 1.54) is 0 Å². The monoisotopic (exact) mass is 499 g/mol. The van der Waals surface area contributed by atoms with E-state index in [4.69, 9.17) is 27.1 Å². The molecular weight excluding hydrogens is 477 g/mol. The van der Waals surface area contributed by atoms with Crippen molar-refractivity contribution in [2.45, 2.75) is 41.7 Å². The molecule has 2 aliphatic heterocycles. The first-order chi connectivity index (χ1) is 16.3. The van der Waals surface area contributed by atoms with Crippen molar-refractivity contribution in [3.05, 3.63) is 58.5 Å². The molecule has 0 bridgehead atoms. The maximum atomic E-state index is 14.8. The SMILES string of the molecule is Cc1c(C(=O)Nc2ccc3c(c2)C2(CF)N=C(N)C4(CC4)SC2CCO3)nc2ccc(Cl)cn12. The minimum Gasteiger partial charge on any atom is -0.493 e. The molecule has 1 aromatic carbocycles. The van der Waals surface area contributed by atoms with Crippen molar-refractivity contribution >= 4 is 46.4 Å². The van der Waals surface area contributed by atoms with Crippen LogP contribution in [-0.4, -0.2) is 44.4 Å². The highest BCUT2D eigenvalue weighted by Crippen LogP contribution is 2.60. The summed E-state index contributed by atoms with van der Waals surface area (Å²) in [4.78, 5) is 22.4. The summed E-state index contributed by atoms with van der Waals surface area (Å²) >= 11 is 7.82. The van der Waals surface area contributed by atoms with Gasteiger partial charge < -0.3 is 20.2 Å². The van der Waals surface area contributed by atoms with Crippen molar-refractivity contribution in [3.8, 4) is 5.75 Å². The topological polar surface area (TPSA) is 94.0 Å². The number of aryl methyl sites for hydroxylation is 1. The molecule has 0 radical (unpaired) electrons. The first-order valence-corrected chi connectivity index (χ1v) is 12.4. The summed E-state index contributed by atoms with van der Waals surface area (Å²) in [6.07, 6.45) is 4.33. The molecule has 7 nitrogen and oxygen atoms in total. The zero-order valence-corrected chi connectivity index (χ0v) is 20.0. The van der Waals surface area contributed by atoms with Gasteiger partial charge in [-0.2, -0.15) is 0 Å². The number of aliphatic imine (C=N–C) groups is 1. The number of carbonyl (C=O) groups is 1. The number of benzene rings is 1. The highest BCUT2D eigenvalue weighted by molar-refractivity contribution is 8.02. The molecule has 0 saturated heterocycles. The first-order valence-electron chi connectivity index (χ1n) is 11.2. The van der Waals surface area contributed by atoms with Gasteiger partial charge in [-0.1, -0.05) is 11.6 Å². The van der Waals surface area contributed by atoms with Crippen LogP contribution in [0.5, 0.6) is 5.75 Å². The van der Waals surface area contributed by atoms with Gasteiger partial charge in [0.1, 0.15) is 35.1 Å². The van der Waals surface area contributed by atoms with Crippen molar-refractivity contribution in [2.75, 3.05) is 18.6 Å². The lowest BCUT2D eigenvalue weighted by Crippen LogP contribution is -2.48. The molecule has 34 heavy (non-hydrogen) atoms. The van der Waals surface area contributed by atoms with Crippen molar-refractivity contribution in [1.29, 1.82) is 0 Å². The second-order valence-corrected chi connectivity index (χ2v) is 11.1. The minimum absolute atomic E-state index is 0.0927. The van der Waals surface area contributed by atoms with Crippen LogP contribution in [0.15, 0.2) is 41.5 Å². The van der Waals surface area contributed by atoms with E-state index < -0.39 is 12.2 Å². The number of hydrogen-bond donors (Lipinski definition) is 2. The summed E-state index contributed by atoms with van der Waals surface area (Å²) in [6.45, 7) is 1.59. The number of rotatable bonds is 3. The van der Waals surface area contributed by atoms with Crippen LogP contribution < -0.4 is 15.8 Å². The molecule has 4 heterocycles. The van der Waals surface area contributed by atoms with Crippen LogP contribution >= 0.6 is 23.4 Å². The number of halogens is 2. The van der Waals surface area contributed by atoms with Crippen LogP contribution in [0.4, 0.5) is 10.1 Å². The number of imidazole rings is 1. The molecule has 3 aliphatic rings. The number of alkyl halides is 1. The average Bonchev–Trinajstić information content (AvgIpc) is 3.56. The minimum atomic E-state index is -1.13. The highest BCUT2D eigenvalue weighted by atomic mass is 35.5. The molecular formula is C24H23ClFN5O2S. The molecule has 2 aromatic heterocycles. The fourth-order valence-corrected chi connectivity index (χ4v) is 6.78. The standard InChI is InChI=1S/C24H23ClFN5O2S/c1-13-20(29-19-5-2-14(25)11-31(13)19)21(32)28-15-3-4-17-16(10-15)24(12-26)18(6-9-33-17)34-23(7-8-23)22(27)30-24/h2-5,10-11,18H,6-9,12H2,1H3,(H2,27,30)(H,28,32). The molecule has 1 spiro atoms. The van der Waals surface area contributed by atoms with Gasteiger partial charge in [-0.15, -0.1) is 11.8 Å². The number of ether oxygens (including phenoxy) is 1. The Hall–Kier alpha value is -2.78. The summed E-state index contributed by atoms with van der Waals surface area (Å²) in [6, 6.07) is 8.75. The van der Waals surface area contributed by atoms with Crippen LogP contribution in [0, 0.1) is 6.92 Å². The largest absolute Gasteiger partial charge is 0.493 e. The predicted octanol–water partition coefficient (Wildman–Crippen LogP) is 4.50. The van der Waals surface area contributed by atoms with E-state index in [-0.39, 0.29) is 21.6 Å². The maximum Gasteiger partial charge on any atom is 0.276 e. The summed E-state index contributed by atoms with van der Waals surface area (Å²) in [5.41, 5.74) is 7.92. The lowest BCUT2D eigenvalue weighted by atomic mass is 9.85. The Labute approximate surface area is 204 Å². The second kappa shape index (κ2) is 7.61. The van der Waals surface area contributed by atoms with E-state index in [2.05, 4.69) is 10.3 Å². The number of hydrogen-bond acceptors (Lipinski definition) is 6. The number of nitrogens with one attached hydrogen (secondary N) is 1. The Morgan fingerprint density at radius 2 is 2.21 bits per heavy atom. The van der Waals surface area contributed by atoms with Gasteiger partial charge in [0, 0.05) is 22.7 Å². The van der Waals surface area contributed by atoms with Gasteiger partial charge in [0.15, 0.2) is 0 Å². The third kappa shape index (κ3) is 3.20. The number of thioether (sulfide) groups is 1. The van der Waals surface area contributed by atoms with Crippen LogP contribution in [0.25, 0.3) is 5.65 Å². The number of nitrogens with zero attached hydrogens (tertiary/aromatic N) is 3. The van der Waals surface area contributed by atoms with Crippen molar-refractivity contribution in [2.24, 2.45) is 10.7 Å². The van der Waals surface area contributed by atoms with E-state index in [1.807, 2.05) is 6.92 Å². The predicted molar refractivity (Wildman–Crippen MR) is 132 cm³/mol. The molecule has 3 aromatic rings. The average molecular weight is 500 g/mol. The summed E-state index contributed by atoms with van der Waals surface area (Å²) < 4.78 is 22.4. The lowest BCUT2D eigenvalue weighted by molar-refractivity contribution is 0.102. The third-order valence-electron chi connectivity index (χ3n) is 6.97. The van der Waals surface area contributed by atoms with Crippen LogP contribution in [-0.2, 0) is 5.54 Å². The third-order valence-corrected chi connectivity index (χ3v) is 9.18. The van der Waals surface area contributed by atoms with Gasteiger partial charge in [0.2, 0.25) is 0 Å². The molecule has 3 N–H and O–H groups in total. The molecule has 6 rings (SSSR count). The number of fused-ring (bicyclic) bond motifs is 4. The normalized spacial score (nSPS) is 24.6. The number of nitrogens with two attached hydrogens (primary N) is 1. The Morgan fingerprint density at radius 3 is 2.97 bits per heavy atom. The van der Waals surface area contributed by atoms with Crippen molar-refractivity contribution in [1.82, 2.24) is 9.38 Å². The van der Waals surface area contributed by atoms with Crippen LogP contribution in [0.2, 0.25) is 5.02 Å². The zero-order valence-electron chi connectivity index (χ0n) is 18.5. The molecule has 1 aliphatic carbocycles. The molecule has 1 fully saturated rings. The molecule has 1 saturated carbocycles. The summed E-state index contributed by atoms with van der Waals surface area (Å²) in [7, 11) is 0. The molecule has 1 amide bonds. The van der Waals surface area contributed by atoms with Gasteiger partial charge in [-0.05, 0) is 56.5 Å². The number of amides is 1. The van der Waals surface area contributed by atoms with Gasteiger partial charge in [-0.25, -0.2) is 9.37 Å². The second-order valence-electron chi connectivity index (χ2n) is 9.08. The van der Waals surface area contributed by atoms with Gasteiger partial charge in [-0.3, -0.25) is 9.79 Å². The summed E-state index contributed by atoms with van der Waals surface area (Å²) in [5, 5.41) is 3.37. The summed E-state index contributed by atoms with van der Waals surface area (Å²) in [5.74, 6) is 0.712. The highest BCUT2D eigenvalue weighted by Gasteiger charge is 2.58. The Kier molecular flexibility index (Phi) is 4.87. The Balaban J connectivity index is 1.38. The first kappa shape index (κ1) is 21.7. The van der Waals surface area contributed by atoms with E-state index in [1.54, 1.807) is 52.7 Å². The number of carbonyl (C=O) groups excluding carboxylic acids is 1. The van der Waals surface area contributed by atoms with E-state index in [0.29, 0.717) is 52.2 Å². The van der Waals surface area contributed by atoms with Crippen LogP contribution in [0.1, 0.15) is 41.0 Å². The van der Waals surface area contributed by atoms with E-state index >= 15 is 0 Å². The van der Waals surface area contributed by atoms with Gasteiger partial charge in [0.05, 0.1) is 22.1 Å². The lowest BCUT2D eigenvalue weighted by Gasteiger charge is -2.41. The smallest absolute Gasteiger partial charge is 0.276 e. The van der Waals surface area contributed by atoms with Gasteiger partial charge >= 0.3 is 0 Å². The number of aromatic nitrogens is 2.